The van der Waals surface area contributed by atoms with Gasteiger partial charge in [0.15, 0.2) is 0 Å². The van der Waals surface area contributed by atoms with Gasteiger partial charge in [0.1, 0.15) is 12.3 Å². The first kappa shape index (κ1) is 13.7. The highest BCUT2D eigenvalue weighted by molar-refractivity contribution is 5.76. The van der Waals surface area contributed by atoms with Crippen molar-refractivity contribution >= 4 is 5.91 Å². The monoisotopic (exact) mass is 285 g/mol. The number of rotatable bonds is 5. The van der Waals surface area contributed by atoms with Gasteiger partial charge >= 0.3 is 0 Å². The summed E-state index contributed by atoms with van der Waals surface area (Å²) in [7, 11) is 0. The Hall–Kier alpha value is -2.30. The van der Waals surface area contributed by atoms with E-state index in [4.69, 9.17) is 0 Å². The Morgan fingerprint density at radius 1 is 1.43 bits per heavy atom. The Morgan fingerprint density at radius 2 is 2.19 bits per heavy atom. The molecule has 0 atom stereocenters. The molecule has 1 amide bonds. The van der Waals surface area contributed by atoms with E-state index in [9.17, 15) is 9.90 Å². The van der Waals surface area contributed by atoms with Crippen LogP contribution in [0.1, 0.15) is 31.4 Å². The fraction of sp³-hybridized carbons (Fsp3) is 0.375. The van der Waals surface area contributed by atoms with Crippen LogP contribution in [0, 0.1) is 0 Å². The van der Waals surface area contributed by atoms with Crippen molar-refractivity contribution in [3.05, 3.63) is 36.0 Å². The van der Waals surface area contributed by atoms with E-state index < -0.39 is 0 Å². The number of nitrogens with one attached hydrogen (secondary N) is 1. The van der Waals surface area contributed by atoms with Gasteiger partial charge in [0.05, 0.1) is 5.69 Å². The van der Waals surface area contributed by atoms with Crippen molar-refractivity contribution in [2.24, 2.45) is 0 Å². The Morgan fingerprint density at radius 3 is 2.86 bits per heavy atom. The number of likely N-dealkylation sites (N-methyl/N-ethyl adjacent to an activating group) is 1. The zero-order valence-corrected chi connectivity index (χ0v) is 12.0. The maximum atomic E-state index is 11.8. The number of para-hydroxylation sites is 1. The second-order valence-electron chi connectivity index (χ2n) is 5.36. The first-order chi connectivity index (χ1) is 10.2. The van der Waals surface area contributed by atoms with Crippen molar-refractivity contribution < 1.29 is 9.90 Å². The minimum Gasteiger partial charge on any atom is -0.507 e. The lowest BCUT2D eigenvalue weighted by Gasteiger charge is -2.06. The van der Waals surface area contributed by atoms with Gasteiger partial charge in [0.2, 0.25) is 5.91 Å². The summed E-state index contributed by atoms with van der Waals surface area (Å²) in [6.45, 7) is 2.74. The van der Waals surface area contributed by atoms with Crippen molar-refractivity contribution in [2.75, 3.05) is 6.54 Å². The average Bonchev–Trinajstić information content (AvgIpc) is 3.22. The van der Waals surface area contributed by atoms with E-state index in [1.165, 1.54) is 0 Å². The molecule has 0 saturated heterocycles. The highest BCUT2D eigenvalue weighted by Gasteiger charge is 2.29. The Balaban J connectivity index is 1.93. The molecule has 1 saturated carbocycles. The summed E-state index contributed by atoms with van der Waals surface area (Å²) in [5, 5.41) is 17.3. The highest BCUT2D eigenvalue weighted by Crippen LogP contribution is 2.42. The predicted octanol–water partition coefficient (Wildman–Crippen LogP) is 2.27. The highest BCUT2D eigenvalue weighted by atomic mass is 16.3. The summed E-state index contributed by atoms with van der Waals surface area (Å²) in [6.07, 6.45) is 2.28. The summed E-state index contributed by atoms with van der Waals surface area (Å²) in [6, 6.07) is 9.13. The van der Waals surface area contributed by atoms with Crippen LogP contribution in [-0.2, 0) is 11.3 Å². The number of amides is 1. The molecule has 5 heteroatoms. The van der Waals surface area contributed by atoms with E-state index in [0.717, 1.165) is 24.2 Å². The standard InChI is InChI=1S/C16H19N3O2/c1-2-17-16(21)10-19-14(11-7-8-11)9-13(18-19)12-5-3-4-6-15(12)20/h3-6,9,11,20H,2,7-8,10H2,1H3,(H,17,21). The fourth-order valence-corrected chi connectivity index (χ4v) is 2.48. The van der Waals surface area contributed by atoms with Crippen LogP contribution >= 0.6 is 0 Å². The van der Waals surface area contributed by atoms with Crippen molar-refractivity contribution in [3.8, 4) is 17.0 Å². The second-order valence-corrected chi connectivity index (χ2v) is 5.36. The Bertz CT molecular complexity index is 659. The van der Waals surface area contributed by atoms with E-state index in [2.05, 4.69) is 10.4 Å². The molecule has 1 aromatic carbocycles. The number of aromatic hydroxyl groups is 1. The number of phenols is 1. The number of nitrogens with zero attached hydrogens (tertiary/aromatic N) is 2. The molecule has 0 spiro atoms. The van der Waals surface area contributed by atoms with Crippen LogP contribution in [0.25, 0.3) is 11.3 Å². The number of benzene rings is 1. The van der Waals surface area contributed by atoms with Crippen LogP contribution in [0.5, 0.6) is 5.75 Å². The molecule has 0 radical (unpaired) electrons. The number of hydrogen-bond acceptors (Lipinski definition) is 3. The van der Waals surface area contributed by atoms with E-state index in [0.29, 0.717) is 18.0 Å². The van der Waals surface area contributed by atoms with E-state index in [1.54, 1.807) is 16.8 Å². The van der Waals surface area contributed by atoms with Gasteiger partial charge in [-0.15, -0.1) is 0 Å². The summed E-state index contributed by atoms with van der Waals surface area (Å²) in [5.74, 6) is 0.667. The second kappa shape index (κ2) is 5.60. The summed E-state index contributed by atoms with van der Waals surface area (Å²) < 4.78 is 1.77. The quantitative estimate of drug-likeness (QED) is 0.885. The molecule has 3 rings (SSSR count). The largest absolute Gasteiger partial charge is 0.507 e. The van der Waals surface area contributed by atoms with Crippen molar-refractivity contribution in [3.63, 3.8) is 0 Å². The molecule has 110 valence electrons. The number of hydrogen-bond donors (Lipinski definition) is 2. The molecule has 1 aliphatic rings. The minimum atomic E-state index is -0.0358. The summed E-state index contributed by atoms with van der Waals surface area (Å²) in [4.78, 5) is 11.8. The van der Waals surface area contributed by atoms with Gasteiger partial charge in [-0.2, -0.15) is 5.10 Å². The van der Waals surface area contributed by atoms with Crippen LogP contribution in [-0.4, -0.2) is 27.3 Å². The van der Waals surface area contributed by atoms with Crippen molar-refractivity contribution in [1.29, 1.82) is 0 Å². The zero-order chi connectivity index (χ0) is 14.8. The predicted molar refractivity (Wildman–Crippen MR) is 80.0 cm³/mol. The van der Waals surface area contributed by atoms with Gasteiger partial charge in [-0.1, -0.05) is 12.1 Å². The van der Waals surface area contributed by atoms with Crippen molar-refractivity contribution in [1.82, 2.24) is 15.1 Å². The molecular weight excluding hydrogens is 266 g/mol. The number of carbonyl (C=O) groups excluding carboxylic acids is 1. The van der Waals surface area contributed by atoms with Gasteiger partial charge in [0.25, 0.3) is 0 Å². The fourth-order valence-electron chi connectivity index (χ4n) is 2.48. The number of aromatic nitrogens is 2. The summed E-state index contributed by atoms with van der Waals surface area (Å²) >= 11 is 0. The van der Waals surface area contributed by atoms with Crippen LogP contribution in [0.2, 0.25) is 0 Å². The van der Waals surface area contributed by atoms with Crippen LogP contribution in [0.4, 0.5) is 0 Å². The molecule has 1 heterocycles. The lowest BCUT2D eigenvalue weighted by molar-refractivity contribution is -0.121. The average molecular weight is 285 g/mol. The summed E-state index contributed by atoms with van der Waals surface area (Å²) in [5.41, 5.74) is 2.51. The van der Waals surface area contributed by atoms with Crippen LogP contribution in [0.3, 0.4) is 0 Å². The first-order valence-electron chi connectivity index (χ1n) is 7.32. The molecule has 1 aromatic heterocycles. The molecule has 1 fully saturated rings. The van der Waals surface area contributed by atoms with Crippen LogP contribution < -0.4 is 5.32 Å². The Kier molecular flexibility index (Phi) is 3.64. The number of phenolic OH excluding ortho intramolecular Hbond substituents is 1. The van der Waals surface area contributed by atoms with Crippen LogP contribution in [0.15, 0.2) is 30.3 Å². The normalized spacial score (nSPS) is 14.1. The molecule has 0 aliphatic heterocycles. The topological polar surface area (TPSA) is 67.2 Å². The molecule has 2 N–H and O–H groups in total. The first-order valence-corrected chi connectivity index (χ1v) is 7.32. The maximum absolute atomic E-state index is 11.8. The lowest BCUT2D eigenvalue weighted by Crippen LogP contribution is -2.28. The van der Waals surface area contributed by atoms with Gasteiger partial charge in [0, 0.05) is 23.7 Å². The maximum Gasteiger partial charge on any atom is 0.241 e. The van der Waals surface area contributed by atoms with Gasteiger partial charge in [-0.05, 0) is 38.0 Å². The van der Waals surface area contributed by atoms with E-state index >= 15 is 0 Å². The Labute approximate surface area is 123 Å². The molecule has 1 aliphatic carbocycles. The molecular formula is C16H19N3O2. The number of carbonyl (C=O) groups is 1. The molecule has 2 aromatic rings. The van der Waals surface area contributed by atoms with Gasteiger partial charge in [-0.3, -0.25) is 9.48 Å². The van der Waals surface area contributed by atoms with Crippen molar-refractivity contribution in [2.45, 2.75) is 32.2 Å². The minimum absolute atomic E-state index is 0.0358. The van der Waals surface area contributed by atoms with E-state index in [-0.39, 0.29) is 18.2 Å². The van der Waals surface area contributed by atoms with Gasteiger partial charge < -0.3 is 10.4 Å². The third kappa shape index (κ3) is 2.91. The van der Waals surface area contributed by atoms with Gasteiger partial charge in [-0.25, -0.2) is 0 Å². The lowest BCUT2D eigenvalue weighted by atomic mass is 10.1. The molecule has 0 unspecified atom stereocenters. The third-order valence-corrected chi connectivity index (χ3v) is 3.65. The van der Waals surface area contributed by atoms with E-state index in [1.807, 2.05) is 25.1 Å². The molecule has 0 bridgehead atoms. The SMILES string of the molecule is CCNC(=O)Cn1nc(-c2ccccc2O)cc1C1CC1. The molecule has 21 heavy (non-hydrogen) atoms. The zero-order valence-electron chi connectivity index (χ0n) is 12.0. The smallest absolute Gasteiger partial charge is 0.241 e. The third-order valence-electron chi connectivity index (χ3n) is 3.65. The molecule has 5 nitrogen and oxygen atoms in total.